The number of hydrogen-bond donors (Lipinski definition) is 0. The van der Waals surface area contributed by atoms with E-state index in [-0.39, 0.29) is 34.0 Å². The third-order valence-corrected chi connectivity index (χ3v) is 9.45. The Balaban J connectivity index is 1.68. The van der Waals surface area contributed by atoms with E-state index in [1.807, 2.05) is 0 Å². The molecule has 0 aromatic carbocycles. The number of piperidine rings is 1. The first-order chi connectivity index (χ1) is 11.4. The van der Waals surface area contributed by atoms with Crippen molar-refractivity contribution in [3.05, 3.63) is 12.2 Å². The van der Waals surface area contributed by atoms with Crippen molar-refractivity contribution in [2.75, 3.05) is 13.6 Å². The third-order valence-electron chi connectivity index (χ3n) is 9.45. The van der Waals surface area contributed by atoms with E-state index in [2.05, 4.69) is 25.5 Å². The first-order valence-electron chi connectivity index (χ1n) is 9.79. The molecule has 0 N–H and O–H groups in total. The maximum atomic E-state index is 13.5. The molecular formula is C21H27NO2. The van der Waals surface area contributed by atoms with Crippen LogP contribution in [0, 0.1) is 39.9 Å². The smallest absolute Gasteiger partial charge is 0.144 e. The molecule has 3 heteroatoms. The largest absolute Gasteiger partial charge is 0.302 e. The number of nitrogens with zero attached hydrogens (tertiary/aromatic N) is 1. The van der Waals surface area contributed by atoms with E-state index in [1.165, 1.54) is 6.42 Å². The summed E-state index contributed by atoms with van der Waals surface area (Å²) in [5.41, 5.74) is 1.09. The number of fused-ring (bicyclic) bond motifs is 1. The van der Waals surface area contributed by atoms with Gasteiger partial charge < -0.3 is 4.90 Å². The molecule has 0 aromatic rings. The topological polar surface area (TPSA) is 37.4 Å². The maximum absolute atomic E-state index is 13.5. The van der Waals surface area contributed by atoms with Crippen molar-refractivity contribution in [2.24, 2.45) is 39.9 Å². The summed E-state index contributed by atoms with van der Waals surface area (Å²) in [5, 5.41) is 0. The van der Waals surface area contributed by atoms with Crippen molar-refractivity contribution in [3.63, 3.8) is 0 Å². The Hall–Kier alpha value is -0.960. The molecule has 7 fully saturated rings. The summed E-state index contributed by atoms with van der Waals surface area (Å²) in [7, 11) is 2.27. The average molecular weight is 325 g/mol. The summed E-state index contributed by atoms with van der Waals surface area (Å²) in [6.45, 7) is 7.64. The maximum Gasteiger partial charge on any atom is 0.144 e. The van der Waals surface area contributed by atoms with Crippen LogP contribution in [0.5, 0.6) is 0 Å². The zero-order valence-corrected chi connectivity index (χ0v) is 14.8. The van der Waals surface area contributed by atoms with Gasteiger partial charge in [0.25, 0.3) is 0 Å². The van der Waals surface area contributed by atoms with Gasteiger partial charge in [-0.15, -0.1) is 0 Å². The van der Waals surface area contributed by atoms with Crippen LogP contribution in [-0.2, 0) is 9.59 Å². The van der Waals surface area contributed by atoms with E-state index in [1.54, 1.807) is 0 Å². The molecule has 6 bridgehead atoms. The van der Waals surface area contributed by atoms with Gasteiger partial charge in [0.1, 0.15) is 11.6 Å². The molecule has 0 amide bonds. The van der Waals surface area contributed by atoms with Gasteiger partial charge in [-0.3, -0.25) is 9.59 Å². The molecule has 3 nitrogen and oxygen atoms in total. The Morgan fingerprint density at radius 2 is 1.96 bits per heavy atom. The molecule has 7 aliphatic rings. The van der Waals surface area contributed by atoms with Gasteiger partial charge in [-0.2, -0.15) is 0 Å². The van der Waals surface area contributed by atoms with Crippen LogP contribution in [0.4, 0.5) is 0 Å². The van der Waals surface area contributed by atoms with Gasteiger partial charge in [0, 0.05) is 42.2 Å². The monoisotopic (exact) mass is 325 g/mol. The highest BCUT2D eigenvalue weighted by Crippen LogP contribution is 2.81. The number of allylic oxidation sites excluding steroid dienone is 1. The molecule has 1 aliphatic heterocycles. The first kappa shape index (κ1) is 14.2. The Labute approximate surface area is 143 Å². The van der Waals surface area contributed by atoms with Crippen molar-refractivity contribution in [3.8, 4) is 0 Å². The van der Waals surface area contributed by atoms with Crippen LogP contribution in [0.15, 0.2) is 12.2 Å². The molecule has 128 valence electrons. The highest BCUT2D eigenvalue weighted by molar-refractivity contribution is 5.97. The van der Waals surface area contributed by atoms with Crippen molar-refractivity contribution in [2.45, 2.75) is 51.5 Å². The van der Waals surface area contributed by atoms with Crippen LogP contribution in [-0.4, -0.2) is 36.1 Å². The number of rotatable bonds is 0. The fourth-order valence-electron chi connectivity index (χ4n) is 9.57. The van der Waals surface area contributed by atoms with Crippen molar-refractivity contribution >= 4 is 11.6 Å². The van der Waals surface area contributed by atoms with Crippen LogP contribution < -0.4 is 0 Å². The predicted octanol–water partition coefficient (Wildman–Crippen LogP) is 2.85. The van der Waals surface area contributed by atoms with Gasteiger partial charge in [-0.1, -0.05) is 25.5 Å². The molecule has 8 atom stereocenters. The highest BCUT2D eigenvalue weighted by atomic mass is 16.1. The van der Waals surface area contributed by atoms with E-state index in [9.17, 15) is 9.59 Å². The Morgan fingerprint density at radius 1 is 1.17 bits per heavy atom. The number of hydrogen-bond acceptors (Lipinski definition) is 3. The lowest BCUT2D eigenvalue weighted by molar-refractivity contribution is -0.186. The lowest BCUT2D eigenvalue weighted by Gasteiger charge is -2.65. The normalized spacial score (nSPS) is 60.8. The summed E-state index contributed by atoms with van der Waals surface area (Å²) in [5.74, 6) is 1.89. The molecule has 6 saturated carbocycles. The fourth-order valence-corrected chi connectivity index (χ4v) is 9.57. The number of carbonyl (C=O) groups is 2. The van der Waals surface area contributed by atoms with Crippen molar-refractivity contribution in [1.82, 2.24) is 4.90 Å². The lowest BCUT2D eigenvalue weighted by Crippen LogP contribution is -2.69. The van der Waals surface area contributed by atoms with Crippen LogP contribution in [0.3, 0.4) is 0 Å². The van der Waals surface area contributed by atoms with E-state index >= 15 is 0 Å². The van der Waals surface area contributed by atoms with E-state index in [4.69, 9.17) is 0 Å². The number of ketones is 2. The molecule has 0 aromatic heterocycles. The van der Waals surface area contributed by atoms with Gasteiger partial charge in [0.15, 0.2) is 0 Å². The molecule has 0 radical (unpaired) electrons. The highest BCUT2D eigenvalue weighted by Gasteiger charge is 2.83. The molecule has 24 heavy (non-hydrogen) atoms. The molecule has 1 heterocycles. The zero-order valence-electron chi connectivity index (χ0n) is 14.8. The van der Waals surface area contributed by atoms with Gasteiger partial charge in [0.2, 0.25) is 0 Å². The second-order valence-corrected chi connectivity index (χ2v) is 10.4. The lowest BCUT2D eigenvalue weighted by atomic mass is 9.39. The quantitative estimate of drug-likeness (QED) is 0.643. The molecule has 6 aliphatic carbocycles. The van der Waals surface area contributed by atoms with E-state index < -0.39 is 0 Å². The molecule has 2 spiro atoms. The van der Waals surface area contributed by atoms with Gasteiger partial charge in [-0.05, 0) is 49.5 Å². The van der Waals surface area contributed by atoms with Crippen LogP contribution in [0.1, 0.15) is 45.4 Å². The molecule has 0 unspecified atom stereocenters. The summed E-state index contributed by atoms with van der Waals surface area (Å²) in [4.78, 5) is 29.5. The van der Waals surface area contributed by atoms with E-state index in [0.717, 1.165) is 37.8 Å². The van der Waals surface area contributed by atoms with Crippen LogP contribution in [0.25, 0.3) is 0 Å². The van der Waals surface area contributed by atoms with Gasteiger partial charge in [0.05, 0.1) is 0 Å². The Morgan fingerprint density at radius 3 is 2.75 bits per heavy atom. The van der Waals surface area contributed by atoms with Gasteiger partial charge >= 0.3 is 0 Å². The second-order valence-electron chi connectivity index (χ2n) is 10.4. The SMILES string of the molecule is C=C1C[C@]23CC(=O)[C@H]4[C@@]5(C)CCC[C@]46[C@H]([C@H]2C[C@H]1C(=O)[C@H]36)N(C)C5. The molecule has 1 saturated heterocycles. The third kappa shape index (κ3) is 1.14. The molecular weight excluding hydrogens is 298 g/mol. The second kappa shape index (κ2) is 3.75. The van der Waals surface area contributed by atoms with Crippen LogP contribution in [0.2, 0.25) is 0 Å². The Kier molecular flexibility index (Phi) is 2.22. The van der Waals surface area contributed by atoms with Gasteiger partial charge in [-0.25, -0.2) is 0 Å². The standard InChI is InChI=1S/C21H27NO2/c1-11-8-20-9-14(23)16-19(2)5-4-6-21(16)17(20)15(24)12(11)7-13(20)18(21)22(3)10-19/h12-13,16-18H,1,4-10H2,2-3H3/t12-,13-,16+,17-,18+,19+,20+,21+/m1/s1. The number of Topliss-reactive ketones (excluding diaryl/α,β-unsaturated/α-hetero) is 2. The summed E-state index contributed by atoms with van der Waals surface area (Å²) >= 11 is 0. The van der Waals surface area contributed by atoms with Crippen molar-refractivity contribution in [1.29, 1.82) is 0 Å². The first-order valence-corrected chi connectivity index (χ1v) is 9.79. The number of likely N-dealkylation sites (tertiary alicyclic amines) is 1. The summed E-state index contributed by atoms with van der Waals surface area (Å²) in [6, 6.07) is 0.453. The summed E-state index contributed by atoms with van der Waals surface area (Å²) < 4.78 is 0. The Bertz CT molecular complexity index is 727. The van der Waals surface area contributed by atoms with E-state index in [0.29, 0.717) is 29.9 Å². The minimum absolute atomic E-state index is 0.0491. The fraction of sp³-hybridized carbons (Fsp3) is 0.810. The van der Waals surface area contributed by atoms with Crippen molar-refractivity contribution < 1.29 is 9.59 Å². The number of carbonyl (C=O) groups excluding carboxylic acids is 2. The minimum atomic E-state index is -0.0714. The molecule has 7 rings (SSSR count). The average Bonchev–Trinajstić information content (AvgIpc) is 2.57. The summed E-state index contributed by atoms with van der Waals surface area (Å²) in [6.07, 6.45) is 6.02. The zero-order chi connectivity index (χ0) is 16.6. The van der Waals surface area contributed by atoms with Crippen LogP contribution >= 0.6 is 0 Å². The predicted molar refractivity (Wildman–Crippen MR) is 90.2 cm³/mol. The minimum Gasteiger partial charge on any atom is -0.302 e.